The summed E-state index contributed by atoms with van der Waals surface area (Å²) in [5.74, 6) is -0.200. The molecule has 3 heteroatoms. The van der Waals surface area contributed by atoms with E-state index in [2.05, 4.69) is 47.2 Å². The van der Waals surface area contributed by atoms with Crippen LogP contribution < -0.4 is 5.32 Å². The molecular formula is C17H19BrFN. The van der Waals surface area contributed by atoms with Crippen molar-refractivity contribution in [3.05, 3.63) is 69.4 Å². The fourth-order valence-electron chi connectivity index (χ4n) is 2.27. The van der Waals surface area contributed by atoms with E-state index in [9.17, 15) is 4.39 Å². The smallest absolute Gasteiger partial charge is 0.123 e. The standard InChI is InChI=1S/C17H19BrFN/c1-3-10-20-17(13-5-8-15(19)9-6-13)16-11-14(18)7-4-12(16)2/h4-9,11,17,20H,3,10H2,1-2H3. The highest BCUT2D eigenvalue weighted by atomic mass is 79.9. The Bertz CT molecular complexity index is 566. The third-order valence-corrected chi connectivity index (χ3v) is 3.85. The maximum absolute atomic E-state index is 13.1. The molecule has 0 saturated carbocycles. The number of rotatable bonds is 5. The first-order valence-electron chi connectivity index (χ1n) is 6.86. The first-order valence-corrected chi connectivity index (χ1v) is 7.66. The molecule has 1 unspecified atom stereocenters. The van der Waals surface area contributed by atoms with Gasteiger partial charge in [0.15, 0.2) is 0 Å². The van der Waals surface area contributed by atoms with Gasteiger partial charge in [-0.05, 0) is 60.8 Å². The van der Waals surface area contributed by atoms with Crippen LogP contribution in [-0.2, 0) is 0 Å². The Balaban J connectivity index is 2.41. The van der Waals surface area contributed by atoms with Crippen molar-refractivity contribution in [3.8, 4) is 0 Å². The number of halogens is 2. The summed E-state index contributed by atoms with van der Waals surface area (Å²) in [6.07, 6.45) is 1.06. The topological polar surface area (TPSA) is 12.0 Å². The highest BCUT2D eigenvalue weighted by Crippen LogP contribution is 2.27. The molecule has 0 saturated heterocycles. The van der Waals surface area contributed by atoms with Crippen LogP contribution in [0.15, 0.2) is 46.9 Å². The molecule has 0 fully saturated rings. The zero-order valence-corrected chi connectivity index (χ0v) is 13.4. The van der Waals surface area contributed by atoms with Crippen molar-refractivity contribution >= 4 is 15.9 Å². The summed E-state index contributed by atoms with van der Waals surface area (Å²) in [5.41, 5.74) is 3.53. The summed E-state index contributed by atoms with van der Waals surface area (Å²) in [4.78, 5) is 0. The molecule has 0 radical (unpaired) electrons. The Hall–Kier alpha value is -1.19. The van der Waals surface area contributed by atoms with Crippen LogP contribution in [0.2, 0.25) is 0 Å². The van der Waals surface area contributed by atoms with Crippen molar-refractivity contribution in [2.24, 2.45) is 0 Å². The van der Waals surface area contributed by atoms with Gasteiger partial charge in [-0.2, -0.15) is 0 Å². The van der Waals surface area contributed by atoms with Gasteiger partial charge in [-0.25, -0.2) is 4.39 Å². The summed E-state index contributed by atoms with van der Waals surface area (Å²) in [6.45, 7) is 5.17. The molecule has 0 aromatic heterocycles. The van der Waals surface area contributed by atoms with Crippen LogP contribution in [-0.4, -0.2) is 6.54 Å². The van der Waals surface area contributed by atoms with E-state index in [1.54, 1.807) is 0 Å². The van der Waals surface area contributed by atoms with E-state index in [0.29, 0.717) is 0 Å². The van der Waals surface area contributed by atoms with Crippen LogP contribution in [0.25, 0.3) is 0 Å². The SMILES string of the molecule is CCCNC(c1ccc(F)cc1)c1cc(Br)ccc1C. The maximum Gasteiger partial charge on any atom is 0.123 e. The Labute approximate surface area is 128 Å². The van der Waals surface area contributed by atoms with Crippen LogP contribution in [0, 0.1) is 12.7 Å². The Morgan fingerprint density at radius 3 is 2.50 bits per heavy atom. The summed E-state index contributed by atoms with van der Waals surface area (Å²) < 4.78 is 14.2. The molecule has 0 aliphatic heterocycles. The largest absolute Gasteiger partial charge is 0.306 e. The molecule has 0 heterocycles. The van der Waals surface area contributed by atoms with Gasteiger partial charge < -0.3 is 5.32 Å². The van der Waals surface area contributed by atoms with E-state index in [-0.39, 0.29) is 11.9 Å². The van der Waals surface area contributed by atoms with E-state index in [4.69, 9.17) is 0 Å². The van der Waals surface area contributed by atoms with Crippen molar-refractivity contribution in [1.29, 1.82) is 0 Å². The summed E-state index contributed by atoms with van der Waals surface area (Å²) in [6, 6.07) is 13.1. The third kappa shape index (κ3) is 3.68. The molecular weight excluding hydrogens is 317 g/mol. The lowest BCUT2D eigenvalue weighted by molar-refractivity contribution is 0.591. The van der Waals surface area contributed by atoms with Crippen molar-refractivity contribution < 1.29 is 4.39 Å². The third-order valence-electron chi connectivity index (χ3n) is 3.35. The average molecular weight is 336 g/mol. The number of benzene rings is 2. The van der Waals surface area contributed by atoms with Gasteiger partial charge in [0.1, 0.15) is 5.82 Å². The zero-order chi connectivity index (χ0) is 14.5. The molecule has 0 aliphatic carbocycles. The van der Waals surface area contributed by atoms with Gasteiger partial charge in [0.05, 0.1) is 6.04 Å². The molecule has 1 atom stereocenters. The molecule has 1 N–H and O–H groups in total. The van der Waals surface area contributed by atoms with Crippen molar-refractivity contribution in [2.75, 3.05) is 6.54 Å². The summed E-state index contributed by atoms with van der Waals surface area (Å²) in [5, 5.41) is 3.55. The van der Waals surface area contributed by atoms with Gasteiger partial charge in [-0.15, -0.1) is 0 Å². The molecule has 106 valence electrons. The molecule has 1 nitrogen and oxygen atoms in total. The van der Waals surface area contributed by atoms with Crippen LogP contribution >= 0.6 is 15.9 Å². The average Bonchev–Trinajstić information content (AvgIpc) is 2.44. The molecule has 2 aromatic carbocycles. The first kappa shape index (κ1) is 15.2. The monoisotopic (exact) mass is 335 g/mol. The van der Waals surface area contributed by atoms with Gasteiger partial charge in [0, 0.05) is 4.47 Å². The second kappa shape index (κ2) is 7.00. The van der Waals surface area contributed by atoms with Crippen LogP contribution in [0.4, 0.5) is 4.39 Å². The van der Waals surface area contributed by atoms with E-state index in [0.717, 1.165) is 23.0 Å². The minimum atomic E-state index is -0.200. The lowest BCUT2D eigenvalue weighted by Gasteiger charge is -2.22. The quantitative estimate of drug-likeness (QED) is 0.811. The van der Waals surface area contributed by atoms with Gasteiger partial charge in [0.2, 0.25) is 0 Å². The normalized spacial score (nSPS) is 12.4. The van der Waals surface area contributed by atoms with Crippen molar-refractivity contribution in [2.45, 2.75) is 26.3 Å². The minimum Gasteiger partial charge on any atom is -0.306 e. The molecule has 0 bridgehead atoms. The second-order valence-electron chi connectivity index (χ2n) is 4.94. The summed E-state index contributed by atoms with van der Waals surface area (Å²) in [7, 11) is 0. The van der Waals surface area contributed by atoms with E-state index in [1.807, 2.05) is 18.2 Å². The molecule has 0 spiro atoms. The fourth-order valence-corrected chi connectivity index (χ4v) is 2.65. The highest BCUT2D eigenvalue weighted by Gasteiger charge is 2.15. The van der Waals surface area contributed by atoms with Gasteiger partial charge in [0.25, 0.3) is 0 Å². The predicted octanol–water partition coefficient (Wildman–Crippen LogP) is 4.99. The highest BCUT2D eigenvalue weighted by molar-refractivity contribution is 9.10. The summed E-state index contributed by atoms with van der Waals surface area (Å²) >= 11 is 3.53. The van der Waals surface area contributed by atoms with E-state index < -0.39 is 0 Å². The van der Waals surface area contributed by atoms with Crippen molar-refractivity contribution in [1.82, 2.24) is 5.32 Å². The van der Waals surface area contributed by atoms with Gasteiger partial charge in [-0.3, -0.25) is 0 Å². The number of hydrogen-bond donors (Lipinski definition) is 1. The van der Waals surface area contributed by atoms with Crippen LogP contribution in [0.5, 0.6) is 0 Å². The predicted molar refractivity (Wildman–Crippen MR) is 85.4 cm³/mol. The van der Waals surface area contributed by atoms with Crippen LogP contribution in [0.3, 0.4) is 0 Å². The minimum absolute atomic E-state index is 0.0908. The van der Waals surface area contributed by atoms with E-state index >= 15 is 0 Å². The first-order chi connectivity index (χ1) is 9.61. The molecule has 0 amide bonds. The van der Waals surface area contributed by atoms with E-state index in [1.165, 1.54) is 23.3 Å². The lowest BCUT2D eigenvalue weighted by Crippen LogP contribution is -2.24. The number of aryl methyl sites for hydroxylation is 1. The Morgan fingerprint density at radius 1 is 1.15 bits per heavy atom. The lowest BCUT2D eigenvalue weighted by atomic mass is 9.95. The molecule has 20 heavy (non-hydrogen) atoms. The second-order valence-corrected chi connectivity index (χ2v) is 5.86. The number of nitrogens with one attached hydrogen (secondary N) is 1. The molecule has 0 aliphatic rings. The number of hydrogen-bond acceptors (Lipinski definition) is 1. The Morgan fingerprint density at radius 2 is 1.85 bits per heavy atom. The maximum atomic E-state index is 13.1. The zero-order valence-electron chi connectivity index (χ0n) is 11.8. The molecule has 2 aromatic rings. The van der Waals surface area contributed by atoms with Crippen LogP contribution in [0.1, 0.15) is 36.1 Å². The Kier molecular flexibility index (Phi) is 5.32. The van der Waals surface area contributed by atoms with Crippen molar-refractivity contribution in [3.63, 3.8) is 0 Å². The molecule has 2 rings (SSSR count). The fraction of sp³-hybridized carbons (Fsp3) is 0.294. The van der Waals surface area contributed by atoms with Gasteiger partial charge in [-0.1, -0.05) is 41.1 Å². The van der Waals surface area contributed by atoms with Gasteiger partial charge >= 0.3 is 0 Å².